The van der Waals surface area contributed by atoms with Crippen molar-refractivity contribution in [3.05, 3.63) is 36.3 Å². The molecule has 0 saturated carbocycles. The van der Waals surface area contributed by atoms with Crippen LogP contribution in [0.15, 0.2) is 39.6 Å². The summed E-state index contributed by atoms with van der Waals surface area (Å²) in [5.41, 5.74) is 1.38. The predicted octanol–water partition coefficient (Wildman–Crippen LogP) is 2.88. The van der Waals surface area contributed by atoms with Gasteiger partial charge in [-0.3, -0.25) is 0 Å². The maximum atomic E-state index is 11.0. The van der Waals surface area contributed by atoms with Gasteiger partial charge in [-0.15, -0.1) is 0 Å². The van der Waals surface area contributed by atoms with Crippen molar-refractivity contribution >= 4 is 27.9 Å². The first-order valence-electron chi connectivity index (χ1n) is 4.38. The normalized spacial score (nSPS) is 11.2. The van der Waals surface area contributed by atoms with Crippen molar-refractivity contribution in [3.8, 4) is 0 Å². The Balaban J connectivity index is 2.57. The van der Waals surface area contributed by atoms with E-state index in [4.69, 9.17) is 13.9 Å². The summed E-state index contributed by atoms with van der Waals surface area (Å²) >= 11 is 0. The Hall–Kier alpha value is -2.23. The molecule has 2 heterocycles. The van der Waals surface area contributed by atoms with Crippen LogP contribution in [0, 0.1) is 0 Å². The lowest BCUT2D eigenvalue weighted by Gasteiger charge is -1.92. The van der Waals surface area contributed by atoms with E-state index in [9.17, 15) is 4.79 Å². The summed E-state index contributed by atoms with van der Waals surface area (Å²) in [5, 5.41) is 10.3. The fourth-order valence-electron chi connectivity index (χ4n) is 1.74. The molecule has 0 spiro atoms. The summed E-state index contributed by atoms with van der Waals surface area (Å²) in [6, 6.07) is 5.19. The van der Waals surface area contributed by atoms with Crippen LogP contribution >= 0.6 is 0 Å². The molecule has 0 saturated heterocycles. The summed E-state index contributed by atoms with van der Waals surface area (Å²) in [4.78, 5) is 11.0. The Morgan fingerprint density at radius 3 is 2.73 bits per heavy atom. The molecule has 74 valence electrons. The van der Waals surface area contributed by atoms with Gasteiger partial charge >= 0.3 is 5.97 Å². The fourth-order valence-corrected chi connectivity index (χ4v) is 1.74. The third-order valence-corrected chi connectivity index (χ3v) is 2.40. The van der Waals surface area contributed by atoms with E-state index in [0.29, 0.717) is 16.6 Å². The monoisotopic (exact) mass is 202 g/mol. The van der Waals surface area contributed by atoms with Crippen molar-refractivity contribution in [2.24, 2.45) is 0 Å². The number of carbonyl (C=O) groups is 1. The van der Waals surface area contributed by atoms with Crippen LogP contribution in [0.1, 0.15) is 10.4 Å². The molecule has 0 aliphatic heterocycles. The van der Waals surface area contributed by atoms with Crippen molar-refractivity contribution in [1.29, 1.82) is 0 Å². The molecular formula is C11H6O4. The molecular weight excluding hydrogens is 196 g/mol. The SMILES string of the molecule is O=C(O)c1coc2ccc3occc3c12. The molecule has 0 radical (unpaired) electrons. The van der Waals surface area contributed by atoms with Gasteiger partial charge in [0.1, 0.15) is 23.0 Å². The minimum absolute atomic E-state index is 0.164. The van der Waals surface area contributed by atoms with E-state index in [0.717, 1.165) is 5.39 Å². The van der Waals surface area contributed by atoms with Crippen LogP contribution in [0.5, 0.6) is 0 Å². The van der Waals surface area contributed by atoms with Gasteiger partial charge in [0.25, 0.3) is 0 Å². The lowest BCUT2D eigenvalue weighted by atomic mass is 10.1. The number of hydrogen-bond acceptors (Lipinski definition) is 3. The predicted molar refractivity (Wildman–Crippen MR) is 52.9 cm³/mol. The molecule has 3 rings (SSSR count). The van der Waals surface area contributed by atoms with Crippen LogP contribution in [-0.4, -0.2) is 11.1 Å². The van der Waals surface area contributed by atoms with Crippen molar-refractivity contribution in [2.75, 3.05) is 0 Å². The van der Waals surface area contributed by atoms with Crippen LogP contribution in [0.4, 0.5) is 0 Å². The standard InChI is InChI=1S/C11H6O4/c12-11(13)7-5-15-9-2-1-8-6(10(7)9)3-4-14-8/h1-5H,(H,12,13). The summed E-state index contributed by atoms with van der Waals surface area (Å²) in [6.07, 6.45) is 2.78. The quantitative estimate of drug-likeness (QED) is 0.658. The molecule has 3 aromatic rings. The van der Waals surface area contributed by atoms with E-state index in [1.807, 2.05) is 0 Å². The van der Waals surface area contributed by atoms with E-state index < -0.39 is 5.97 Å². The van der Waals surface area contributed by atoms with Crippen LogP contribution in [0.25, 0.3) is 21.9 Å². The van der Waals surface area contributed by atoms with E-state index in [2.05, 4.69) is 0 Å². The molecule has 0 unspecified atom stereocenters. The first kappa shape index (κ1) is 8.11. The van der Waals surface area contributed by atoms with Crippen LogP contribution < -0.4 is 0 Å². The number of fused-ring (bicyclic) bond motifs is 3. The van der Waals surface area contributed by atoms with Crippen molar-refractivity contribution < 1.29 is 18.7 Å². The molecule has 1 aromatic carbocycles. The minimum atomic E-state index is -0.998. The third kappa shape index (κ3) is 0.985. The first-order valence-corrected chi connectivity index (χ1v) is 4.38. The van der Waals surface area contributed by atoms with Gasteiger partial charge in [-0.05, 0) is 18.2 Å². The lowest BCUT2D eigenvalue weighted by Crippen LogP contribution is -1.93. The first-order chi connectivity index (χ1) is 7.27. The molecule has 0 fully saturated rings. The van der Waals surface area contributed by atoms with Gasteiger partial charge in [-0.2, -0.15) is 0 Å². The molecule has 0 amide bonds. The molecule has 0 aliphatic rings. The van der Waals surface area contributed by atoms with Gasteiger partial charge in [0, 0.05) is 10.8 Å². The number of carboxylic acids is 1. The zero-order chi connectivity index (χ0) is 10.4. The molecule has 1 N–H and O–H groups in total. The molecule has 4 nitrogen and oxygen atoms in total. The molecule has 0 aliphatic carbocycles. The Labute approximate surface area is 83.7 Å². The number of benzene rings is 1. The van der Waals surface area contributed by atoms with Crippen molar-refractivity contribution in [2.45, 2.75) is 0 Å². The third-order valence-electron chi connectivity index (χ3n) is 2.40. The van der Waals surface area contributed by atoms with Gasteiger partial charge in [0.05, 0.1) is 6.26 Å². The molecule has 2 aromatic heterocycles. The molecule has 0 bridgehead atoms. The highest BCUT2D eigenvalue weighted by Crippen LogP contribution is 2.30. The van der Waals surface area contributed by atoms with Gasteiger partial charge in [-0.1, -0.05) is 0 Å². The second-order valence-electron chi connectivity index (χ2n) is 3.23. The number of carboxylic acid groups (broad SMARTS) is 1. The molecule has 4 heteroatoms. The van der Waals surface area contributed by atoms with E-state index in [1.165, 1.54) is 12.5 Å². The summed E-state index contributed by atoms with van der Waals surface area (Å²) in [5.74, 6) is -0.998. The van der Waals surface area contributed by atoms with Crippen LogP contribution in [0.3, 0.4) is 0 Å². The van der Waals surface area contributed by atoms with Gasteiger partial charge in [-0.25, -0.2) is 4.79 Å². The van der Waals surface area contributed by atoms with Crippen LogP contribution in [-0.2, 0) is 0 Å². The Morgan fingerprint density at radius 2 is 1.93 bits per heavy atom. The maximum Gasteiger partial charge on any atom is 0.339 e. The Bertz CT molecular complexity index is 659. The maximum absolute atomic E-state index is 11.0. The smallest absolute Gasteiger partial charge is 0.339 e. The van der Waals surface area contributed by atoms with E-state index in [1.54, 1.807) is 18.2 Å². The van der Waals surface area contributed by atoms with Crippen molar-refractivity contribution in [3.63, 3.8) is 0 Å². The van der Waals surface area contributed by atoms with E-state index in [-0.39, 0.29) is 5.56 Å². The number of aromatic carboxylic acids is 1. The zero-order valence-electron chi connectivity index (χ0n) is 7.56. The highest BCUT2D eigenvalue weighted by molar-refractivity contribution is 6.13. The largest absolute Gasteiger partial charge is 0.478 e. The summed E-state index contributed by atoms with van der Waals surface area (Å²) in [6.45, 7) is 0. The zero-order valence-corrected chi connectivity index (χ0v) is 7.56. The Morgan fingerprint density at radius 1 is 1.13 bits per heavy atom. The van der Waals surface area contributed by atoms with Gasteiger partial charge in [0.15, 0.2) is 0 Å². The number of hydrogen-bond donors (Lipinski definition) is 1. The molecule has 0 atom stereocenters. The number of furan rings is 2. The highest BCUT2D eigenvalue weighted by atomic mass is 16.4. The second-order valence-corrected chi connectivity index (χ2v) is 3.23. The lowest BCUT2D eigenvalue weighted by molar-refractivity contribution is 0.0698. The Kier molecular flexibility index (Phi) is 1.42. The number of rotatable bonds is 1. The summed E-state index contributed by atoms with van der Waals surface area (Å²) in [7, 11) is 0. The average molecular weight is 202 g/mol. The van der Waals surface area contributed by atoms with Crippen molar-refractivity contribution in [1.82, 2.24) is 0 Å². The minimum Gasteiger partial charge on any atom is -0.478 e. The molecule has 15 heavy (non-hydrogen) atoms. The second kappa shape index (κ2) is 2.63. The van der Waals surface area contributed by atoms with Gasteiger partial charge in [0.2, 0.25) is 0 Å². The van der Waals surface area contributed by atoms with E-state index >= 15 is 0 Å². The fraction of sp³-hybridized carbons (Fsp3) is 0. The topological polar surface area (TPSA) is 63.6 Å². The van der Waals surface area contributed by atoms with Gasteiger partial charge < -0.3 is 13.9 Å². The average Bonchev–Trinajstić information content (AvgIpc) is 2.82. The summed E-state index contributed by atoms with van der Waals surface area (Å²) < 4.78 is 10.4. The van der Waals surface area contributed by atoms with Crippen LogP contribution in [0.2, 0.25) is 0 Å². The highest BCUT2D eigenvalue weighted by Gasteiger charge is 2.15.